The van der Waals surface area contributed by atoms with Crippen molar-refractivity contribution in [2.24, 2.45) is 5.41 Å². The second kappa shape index (κ2) is 6.73. The van der Waals surface area contributed by atoms with Crippen LogP contribution in [0.1, 0.15) is 33.6 Å². The molecular formula is C16H33N3O. The Morgan fingerprint density at radius 2 is 1.85 bits per heavy atom. The maximum Gasteiger partial charge on any atom is 0.0472 e. The van der Waals surface area contributed by atoms with Gasteiger partial charge in [0.05, 0.1) is 0 Å². The molecule has 0 saturated carbocycles. The molecule has 0 aromatic carbocycles. The van der Waals surface area contributed by atoms with E-state index in [-0.39, 0.29) is 0 Å². The van der Waals surface area contributed by atoms with Gasteiger partial charge in [0.1, 0.15) is 0 Å². The minimum absolute atomic E-state index is 0.294. The van der Waals surface area contributed by atoms with Crippen molar-refractivity contribution in [3.05, 3.63) is 0 Å². The van der Waals surface area contributed by atoms with Gasteiger partial charge in [0, 0.05) is 51.5 Å². The van der Waals surface area contributed by atoms with E-state index in [1.807, 2.05) is 0 Å². The number of ether oxygens (including phenoxy) is 1. The average Bonchev–Trinajstić information content (AvgIpc) is 2.42. The van der Waals surface area contributed by atoms with E-state index < -0.39 is 0 Å². The summed E-state index contributed by atoms with van der Waals surface area (Å²) in [6.07, 6.45) is 2.40. The lowest BCUT2D eigenvalue weighted by Gasteiger charge is -2.49. The molecule has 2 aliphatic rings. The number of piperazine rings is 1. The van der Waals surface area contributed by atoms with Gasteiger partial charge in [-0.15, -0.1) is 0 Å². The Hall–Kier alpha value is -0.160. The van der Waals surface area contributed by atoms with E-state index >= 15 is 0 Å². The summed E-state index contributed by atoms with van der Waals surface area (Å²) >= 11 is 0. The molecule has 4 heteroatoms. The van der Waals surface area contributed by atoms with Crippen LogP contribution in [-0.4, -0.2) is 74.9 Å². The molecule has 1 N–H and O–H groups in total. The maximum atomic E-state index is 5.60. The zero-order valence-electron chi connectivity index (χ0n) is 13.9. The number of hydrogen-bond acceptors (Lipinski definition) is 4. The first kappa shape index (κ1) is 16.2. The van der Waals surface area contributed by atoms with Crippen LogP contribution in [-0.2, 0) is 4.74 Å². The highest BCUT2D eigenvalue weighted by atomic mass is 16.5. The number of rotatable bonds is 5. The standard InChI is InChI=1S/C16H33N3O/c1-5-17-12-16(6-10-20-11-7-16)14-19-9-8-18(4)15(2,3)13-19/h17H,5-14H2,1-4H3. The van der Waals surface area contributed by atoms with Gasteiger partial charge in [-0.05, 0) is 45.7 Å². The first-order valence-electron chi connectivity index (χ1n) is 8.20. The smallest absolute Gasteiger partial charge is 0.0472 e. The van der Waals surface area contributed by atoms with Crippen LogP contribution in [0.25, 0.3) is 0 Å². The van der Waals surface area contributed by atoms with Crippen molar-refractivity contribution < 1.29 is 4.74 Å². The van der Waals surface area contributed by atoms with E-state index in [0.717, 1.165) is 26.3 Å². The van der Waals surface area contributed by atoms with Gasteiger partial charge in [-0.3, -0.25) is 9.80 Å². The van der Waals surface area contributed by atoms with E-state index in [1.165, 1.54) is 39.0 Å². The Kier molecular flexibility index (Phi) is 5.46. The average molecular weight is 283 g/mol. The molecule has 2 fully saturated rings. The van der Waals surface area contributed by atoms with E-state index in [0.29, 0.717) is 11.0 Å². The third-order valence-corrected chi connectivity index (χ3v) is 5.26. The van der Waals surface area contributed by atoms with E-state index in [2.05, 4.69) is 42.9 Å². The van der Waals surface area contributed by atoms with Crippen LogP contribution >= 0.6 is 0 Å². The highest BCUT2D eigenvalue weighted by Gasteiger charge is 2.38. The molecule has 0 unspecified atom stereocenters. The molecule has 0 aromatic rings. The molecule has 4 nitrogen and oxygen atoms in total. The Morgan fingerprint density at radius 3 is 2.45 bits per heavy atom. The molecule has 2 rings (SSSR count). The third kappa shape index (κ3) is 3.94. The minimum Gasteiger partial charge on any atom is -0.381 e. The topological polar surface area (TPSA) is 27.7 Å². The molecule has 2 aliphatic heterocycles. The zero-order valence-corrected chi connectivity index (χ0v) is 13.9. The predicted molar refractivity (Wildman–Crippen MR) is 84.2 cm³/mol. The minimum atomic E-state index is 0.294. The van der Waals surface area contributed by atoms with Gasteiger partial charge in [0.2, 0.25) is 0 Å². The van der Waals surface area contributed by atoms with Crippen LogP contribution in [0, 0.1) is 5.41 Å². The van der Waals surface area contributed by atoms with Gasteiger partial charge >= 0.3 is 0 Å². The summed E-state index contributed by atoms with van der Waals surface area (Å²) in [5.74, 6) is 0. The molecule has 0 aliphatic carbocycles. The van der Waals surface area contributed by atoms with Crippen LogP contribution < -0.4 is 5.32 Å². The Bertz CT molecular complexity index is 300. The summed E-state index contributed by atoms with van der Waals surface area (Å²) in [5.41, 5.74) is 0.711. The van der Waals surface area contributed by atoms with Crippen molar-refractivity contribution in [2.75, 3.05) is 59.5 Å². The van der Waals surface area contributed by atoms with E-state index in [4.69, 9.17) is 4.74 Å². The Labute approximate surface area is 124 Å². The van der Waals surface area contributed by atoms with Gasteiger partial charge in [-0.25, -0.2) is 0 Å². The quantitative estimate of drug-likeness (QED) is 0.826. The number of nitrogens with one attached hydrogen (secondary N) is 1. The van der Waals surface area contributed by atoms with Gasteiger partial charge in [0.25, 0.3) is 0 Å². The van der Waals surface area contributed by atoms with Crippen LogP contribution in [0.4, 0.5) is 0 Å². The Morgan fingerprint density at radius 1 is 1.15 bits per heavy atom. The van der Waals surface area contributed by atoms with Crippen molar-refractivity contribution in [1.29, 1.82) is 0 Å². The number of nitrogens with zero attached hydrogens (tertiary/aromatic N) is 2. The summed E-state index contributed by atoms with van der Waals surface area (Å²) in [7, 11) is 2.25. The molecule has 0 radical (unpaired) electrons. The normalized spacial score (nSPS) is 27.6. The molecule has 118 valence electrons. The maximum absolute atomic E-state index is 5.60. The first-order chi connectivity index (χ1) is 9.47. The van der Waals surface area contributed by atoms with E-state index in [1.54, 1.807) is 0 Å². The van der Waals surface area contributed by atoms with Crippen molar-refractivity contribution in [1.82, 2.24) is 15.1 Å². The summed E-state index contributed by atoms with van der Waals surface area (Å²) in [4.78, 5) is 5.17. The number of likely N-dealkylation sites (N-methyl/N-ethyl adjacent to an activating group) is 1. The molecule has 2 saturated heterocycles. The zero-order chi connectivity index (χ0) is 14.6. The summed E-state index contributed by atoms with van der Waals surface area (Å²) < 4.78 is 5.60. The lowest BCUT2D eigenvalue weighted by molar-refractivity contribution is -0.0299. The highest BCUT2D eigenvalue weighted by molar-refractivity contribution is 4.93. The second-order valence-corrected chi connectivity index (χ2v) is 7.34. The molecule has 0 spiro atoms. The van der Waals surface area contributed by atoms with Crippen molar-refractivity contribution in [3.8, 4) is 0 Å². The Balaban J connectivity index is 1.97. The lowest BCUT2D eigenvalue weighted by atomic mass is 9.79. The van der Waals surface area contributed by atoms with Crippen LogP contribution in [0.2, 0.25) is 0 Å². The molecule has 0 amide bonds. The monoisotopic (exact) mass is 283 g/mol. The van der Waals surface area contributed by atoms with Gasteiger partial charge < -0.3 is 10.1 Å². The largest absolute Gasteiger partial charge is 0.381 e. The molecule has 0 aromatic heterocycles. The fourth-order valence-corrected chi connectivity index (χ4v) is 3.54. The van der Waals surface area contributed by atoms with Gasteiger partial charge in [-0.2, -0.15) is 0 Å². The third-order valence-electron chi connectivity index (χ3n) is 5.26. The SMILES string of the molecule is CCNCC1(CN2CCN(C)C(C)(C)C2)CCOCC1. The van der Waals surface area contributed by atoms with E-state index in [9.17, 15) is 0 Å². The van der Waals surface area contributed by atoms with Crippen molar-refractivity contribution in [2.45, 2.75) is 39.2 Å². The van der Waals surface area contributed by atoms with Gasteiger partial charge in [-0.1, -0.05) is 6.92 Å². The van der Waals surface area contributed by atoms with Gasteiger partial charge in [0.15, 0.2) is 0 Å². The fraction of sp³-hybridized carbons (Fsp3) is 1.00. The molecule has 0 bridgehead atoms. The first-order valence-corrected chi connectivity index (χ1v) is 8.20. The van der Waals surface area contributed by atoms with Crippen LogP contribution in [0.15, 0.2) is 0 Å². The molecule has 20 heavy (non-hydrogen) atoms. The number of hydrogen-bond donors (Lipinski definition) is 1. The second-order valence-electron chi connectivity index (χ2n) is 7.34. The van der Waals surface area contributed by atoms with Crippen LogP contribution in [0.3, 0.4) is 0 Å². The molecular weight excluding hydrogens is 250 g/mol. The van der Waals surface area contributed by atoms with Crippen molar-refractivity contribution in [3.63, 3.8) is 0 Å². The fourth-order valence-electron chi connectivity index (χ4n) is 3.54. The lowest BCUT2D eigenvalue weighted by Crippen LogP contribution is -2.60. The summed E-state index contributed by atoms with van der Waals surface area (Å²) in [6.45, 7) is 15.8. The van der Waals surface area contributed by atoms with Crippen LogP contribution in [0.5, 0.6) is 0 Å². The molecule has 0 atom stereocenters. The summed E-state index contributed by atoms with van der Waals surface area (Å²) in [6, 6.07) is 0. The summed E-state index contributed by atoms with van der Waals surface area (Å²) in [5, 5.41) is 3.59. The predicted octanol–water partition coefficient (Wildman–Crippen LogP) is 1.42. The highest BCUT2D eigenvalue weighted by Crippen LogP contribution is 2.32. The van der Waals surface area contributed by atoms with Crippen molar-refractivity contribution >= 4 is 0 Å². The molecule has 2 heterocycles.